The number of fused-ring (bicyclic) bond motifs is 1. The number of aliphatic hydroxyl groups is 1. The lowest BCUT2D eigenvalue weighted by Gasteiger charge is -2.29. The molecule has 3 heterocycles. The second-order valence-corrected chi connectivity index (χ2v) is 10.1. The molecule has 0 bridgehead atoms. The third-order valence-electron chi connectivity index (χ3n) is 6.92. The van der Waals surface area contributed by atoms with Crippen LogP contribution in [0.15, 0.2) is 40.4 Å². The summed E-state index contributed by atoms with van der Waals surface area (Å²) in [6, 6.07) is 7.19. The first-order valence-corrected chi connectivity index (χ1v) is 13.2. The zero-order valence-electron chi connectivity index (χ0n) is 20.9. The third-order valence-corrected chi connectivity index (χ3v) is 7.52. The minimum Gasteiger partial charge on any atom is -0.507 e. The number of methoxy groups -OCH3 is 1. The average Bonchev–Trinajstić information content (AvgIpc) is 3.19. The van der Waals surface area contributed by atoms with Crippen molar-refractivity contribution >= 4 is 33.4 Å². The predicted octanol–water partition coefficient (Wildman–Crippen LogP) is 3.08. The van der Waals surface area contributed by atoms with Gasteiger partial charge in [0.25, 0.3) is 11.7 Å². The Morgan fingerprint density at radius 1 is 1.05 bits per heavy atom. The highest BCUT2D eigenvalue weighted by atomic mass is 79.9. The molecule has 0 aromatic heterocycles. The fourth-order valence-corrected chi connectivity index (χ4v) is 5.46. The molecule has 38 heavy (non-hydrogen) atoms. The van der Waals surface area contributed by atoms with Crippen molar-refractivity contribution in [3.05, 3.63) is 51.5 Å². The van der Waals surface area contributed by atoms with Crippen LogP contribution in [0.3, 0.4) is 0 Å². The van der Waals surface area contributed by atoms with Gasteiger partial charge in [0.15, 0.2) is 23.0 Å². The smallest absolute Gasteiger partial charge is 0.295 e. The summed E-state index contributed by atoms with van der Waals surface area (Å²) in [5, 5.41) is 21.8. The molecule has 0 unspecified atom stereocenters. The van der Waals surface area contributed by atoms with Crippen molar-refractivity contribution in [2.75, 3.05) is 59.7 Å². The second kappa shape index (κ2) is 11.2. The van der Waals surface area contributed by atoms with Crippen LogP contribution in [-0.2, 0) is 14.3 Å². The normalized spacial score (nSPS) is 21.1. The number of hydrogen-bond acceptors (Lipinski definition) is 9. The maximum absolute atomic E-state index is 13.4. The number of phenols is 1. The van der Waals surface area contributed by atoms with Crippen LogP contribution in [-0.4, -0.2) is 91.4 Å². The third kappa shape index (κ3) is 5.05. The van der Waals surface area contributed by atoms with Crippen LogP contribution < -0.4 is 14.2 Å². The van der Waals surface area contributed by atoms with Crippen LogP contribution in [0, 0.1) is 0 Å². The standard InChI is InChI=1S/C27H29BrN2O8/c1-35-21-15-17(13-18(28)25(21)32)23-22(24(31)16-3-4-19-20(14-16)38-12-11-37-19)26(33)27(34)30(23)6-2-5-29-7-9-36-10-8-29/h3-4,13-15,23,31-32H,2,5-12H2,1H3/b24-22+/t23-/m1/s1. The van der Waals surface area contributed by atoms with Crippen LogP contribution in [0.4, 0.5) is 0 Å². The maximum atomic E-state index is 13.4. The number of ketones is 1. The highest BCUT2D eigenvalue weighted by molar-refractivity contribution is 9.10. The summed E-state index contributed by atoms with van der Waals surface area (Å²) < 4.78 is 22.3. The van der Waals surface area contributed by atoms with E-state index in [4.69, 9.17) is 18.9 Å². The van der Waals surface area contributed by atoms with Gasteiger partial charge in [-0.05, 0) is 58.2 Å². The number of ether oxygens (including phenoxy) is 4. The van der Waals surface area contributed by atoms with E-state index in [0.29, 0.717) is 66.5 Å². The molecule has 3 aliphatic heterocycles. The van der Waals surface area contributed by atoms with Crippen molar-refractivity contribution < 1.29 is 38.7 Å². The summed E-state index contributed by atoms with van der Waals surface area (Å²) >= 11 is 3.34. The van der Waals surface area contributed by atoms with E-state index in [-0.39, 0.29) is 22.8 Å². The Labute approximate surface area is 228 Å². The lowest BCUT2D eigenvalue weighted by atomic mass is 9.94. The molecule has 5 rings (SSSR count). The van der Waals surface area contributed by atoms with Gasteiger partial charge in [0.2, 0.25) is 0 Å². The molecule has 2 N–H and O–H groups in total. The van der Waals surface area contributed by atoms with E-state index in [0.717, 1.165) is 19.6 Å². The van der Waals surface area contributed by atoms with Gasteiger partial charge in [-0.1, -0.05) is 0 Å². The molecule has 202 valence electrons. The number of carbonyl (C=O) groups excluding carboxylic acids is 2. The van der Waals surface area contributed by atoms with Gasteiger partial charge in [0.1, 0.15) is 19.0 Å². The van der Waals surface area contributed by atoms with Crippen molar-refractivity contribution in [3.8, 4) is 23.0 Å². The number of benzene rings is 2. The van der Waals surface area contributed by atoms with Crippen LogP contribution >= 0.6 is 15.9 Å². The summed E-state index contributed by atoms with van der Waals surface area (Å²) in [6.07, 6.45) is 0.629. The molecule has 0 saturated carbocycles. The van der Waals surface area contributed by atoms with Gasteiger partial charge in [-0.25, -0.2) is 0 Å². The number of morpholine rings is 1. The van der Waals surface area contributed by atoms with Gasteiger partial charge >= 0.3 is 0 Å². The van der Waals surface area contributed by atoms with E-state index in [9.17, 15) is 19.8 Å². The number of nitrogens with zero attached hydrogens (tertiary/aromatic N) is 2. The lowest BCUT2D eigenvalue weighted by molar-refractivity contribution is -0.140. The van der Waals surface area contributed by atoms with Gasteiger partial charge in [-0.3, -0.25) is 14.5 Å². The van der Waals surface area contributed by atoms with E-state index in [2.05, 4.69) is 20.8 Å². The maximum Gasteiger partial charge on any atom is 0.295 e. The number of rotatable bonds is 7. The van der Waals surface area contributed by atoms with Crippen molar-refractivity contribution in [3.63, 3.8) is 0 Å². The number of aliphatic hydroxyl groups excluding tert-OH is 1. The van der Waals surface area contributed by atoms with Crippen LogP contribution in [0.25, 0.3) is 5.76 Å². The molecule has 2 aromatic rings. The number of phenolic OH excluding ortho intramolecular Hbond substituents is 1. The summed E-state index contributed by atoms with van der Waals surface area (Å²) in [6.45, 7) is 4.79. The fraction of sp³-hybridized carbons (Fsp3) is 0.407. The van der Waals surface area contributed by atoms with E-state index >= 15 is 0 Å². The van der Waals surface area contributed by atoms with Crippen molar-refractivity contribution in [1.29, 1.82) is 0 Å². The molecule has 2 fully saturated rings. The summed E-state index contributed by atoms with van der Waals surface area (Å²) in [5.41, 5.74) is 0.796. The zero-order chi connectivity index (χ0) is 26.8. The van der Waals surface area contributed by atoms with E-state index in [1.165, 1.54) is 12.0 Å². The van der Waals surface area contributed by atoms with Crippen molar-refractivity contribution in [2.45, 2.75) is 12.5 Å². The molecule has 1 amide bonds. The number of halogens is 1. The molecule has 0 radical (unpaired) electrons. The van der Waals surface area contributed by atoms with Gasteiger partial charge in [-0.2, -0.15) is 0 Å². The summed E-state index contributed by atoms with van der Waals surface area (Å²) in [7, 11) is 1.42. The fourth-order valence-electron chi connectivity index (χ4n) is 5.00. The SMILES string of the molecule is COc1cc([C@@H]2/C(=C(\O)c3ccc4c(c3)OCCO4)C(=O)C(=O)N2CCCN2CCOCC2)cc(Br)c1O. The van der Waals surface area contributed by atoms with E-state index in [1.807, 2.05) is 0 Å². The van der Waals surface area contributed by atoms with Crippen molar-refractivity contribution in [2.24, 2.45) is 0 Å². The van der Waals surface area contributed by atoms with E-state index < -0.39 is 17.7 Å². The Bertz CT molecular complexity index is 1270. The van der Waals surface area contributed by atoms with Crippen LogP contribution in [0.2, 0.25) is 0 Å². The molecule has 10 nitrogen and oxygen atoms in total. The quantitative estimate of drug-likeness (QED) is 0.286. The Kier molecular flexibility index (Phi) is 7.78. The number of hydrogen-bond donors (Lipinski definition) is 2. The lowest BCUT2D eigenvalue weighted by Crippen LogP contribution is -2.39. The Balaban J connectivity index is 1.54. The number of Topliss-reactive ketones (excluding diaryl/α,β-unsaturated/α-hetero) is 1. The Morgan fingerprint density at radius 3 is 2.53 bits per heavy atom. The minimum absolute atomic E-state index is 0.0438. The largest absolute Gasteiger partial charge is 0.507 e. The van der Waals surface area contributed by atoms with Gasteiger partial charge in [-0.15, -0.1) is 0 Å². The summed E-state index contributed by atoms with van der Waals surface area (Å²) in [4.78, 5) is 30.4. The highest BCUT2D eigenvalue weighted by Gasteiger charge is 2.46. The molecule has 2 saturated heterocycles. The second-order valence-electron chi connectivity index (χ2n) is 9.21. The first kappa shape index (κ1) is 26.3. The molecule has 0 spiro atoms. The molecular weight excluding hydrogens is 560 g/mol. The molecule has 1 atom stereocenters. The molecule has 3 aliphatic rings. The zero-order valence-corrected chi connectivity index (χ0v) is 22.5. The topological polar surface area (TPSA) is 118 Å². The van der Waals surface area contributed by atoms with Gasteiger partial charge < -0.3 is 34.1 Å². The van der Waals surface area contributed by atoms with Crippen LogP contribution in [0.5, 0.6) is 23.0 Å². The monoisotopic (exact) mass is 588 g/mol. The molecule has 0 aliphatic carbocycles. The first-order chi connectivity index (χ1) is 18.4. The predicted molar refractivity (Wildman–Crippen MR) is 141 cm³/mol. The highest BCUT2D eigenvalue weighted by Crippen LogP contribution is 2.45. The number of aromatic hydroxyl groups is 1. The van der Waals surface area contributed by atoms with Gasteiger partial charge in [0.05, 0.1) is 36.4 Å². The minimum atomic E-state index is -0.890. The molecule has 2 aromatic carbocycles. The number of likely N-dealkylation sites (tertiary alicyclic amines) is 1. The van der Waals surface area contributed by atoms with Crippen molar-refractivity contribution in [1.82, 2.24) is 9.80 Å². The number of carbonyl (C=O) groups is 2. The number of amides is 1. The summed E-state index contributed by atoms with van der Waals surface area (Å²) in [5.74, 6) is -0.731. The van der Waals surface area contributed by atoms with Crippen LogP contribution in [0.1, 0.15) is 23.6 Å². The Morgan fingerprint density at radius 2 is 1.79 bits per heavy atom. The molecule has 11 heteroatoms. The van der Waals surface area contributed by atoms with Gasteiger partial charge in [0, 0.05) is 31.7 Å². The Hall–Kier alpha value is -3.28. The first-order valence-electron chi connectivity index (χ1n) is 12.4. The average molecular weight is 589 g/mol. The molecular formula is C27H29BrN2O8. The van der Waals surface area contributed by atoms with E-state index in [1.54, 1.807) is 30.3 Å².